The number of nitrogens with one attached hydrogen (secondary N) is 1. The normalized spacial score (nSPS) is 17.3. The lowest BCUT2D eigenvalue weighted by molar-refractivity contribution is -0.000136. The molecule has 28 heavy (non-hydrogen) atoms. The van der Waals surface area contributed by atoms with Gasteiger partial charge >= 0.3 is 12.2 Å². The van der Waals surface area contributed by atoms with Crippen molar-refractivity contribution in [3.63, 3.8) is 0 Å². The van der Waals surface area contributed by atoms with Crippen molar-refractivity contribution in [3.8, 4) is 0 Å². The fourth-order valence-corrected chi connectivity index (χ4v) is 2.99. The van der Waals surface area contributed by atoms with E-state index in [4.69, 9.17) is 9.47 Å². The summed E-state index contributed by atoms with van der Waals surface area (Å²) in [6, 6.07) is 9.08. The molecule has 8 heteroatoms. The lowest BCUT2D eigenvalue weighted by Gasteiger charge is -2.40. The van der Waals surface area contributed by atoms with Gasteiger partial charge in [-0.3, -0.25) is 4.90 Å². The lowest BCUT2D eigenvalue weighted by Crippen LogP contribution is -2.53. The van der Waals surface area contributed by atoms with E-state index in [1.165, 1.54) is 0 Å². The third kappa shape index (κ3) is 5.03. The van der Waals surface area contributed by atoms with E-state index in [2.05, 4.69) is 9.97 Å². The second-order valence-electron chi connectivity index (χ2n) is 7.65. The van der Waals surface area contributed by atoms with Gasteiger partial charge in [0.2, 0.25) is 0 Å². The van der Waals surface area contributed by atoms with Crippen molar-refractivity contribution in [1.82, 2.24) is 19.8 Å². The summed E-state index contributed by atoms with van der Waals surface area (Å²) in [5, 5.41) is 0. The number of piperazine rings is 1. The molecule has 1 unspecified atom stereocenters. The van der Waals surface area contributed by atoms with Crippen LogP contribution in [-0.4, -0.2) is 57.2 Å². The minimum atomic E-state index is -0.580. The van der Waals surface area contributed by atoms with E-state index in [1.54, 1.807) is 22.2 Å². The topological polar surface area (TPSA) is 87.8 Å². The van der Waals surface area contributed by atoms with E-state index in [-0.39, 0.29) is 13.2 Å². The summed E-state index contributed by atoms with van der Waals surface area (Å²) in [5.41, 5.74) is 0.334. The molecule has 1 aliphatic rings. The highest BCUT2D eigenvalue weighted by Crippen LogP contribution is 2.25. The SMILES string of the molecule is CC(C)(C)OC(=O)N1CCN(C(=O)OCc2ccccc2)C(c2ncc[nH]2)C1. The number of carbonyl (C=O) groups is 2. The number of aromatic nitrogens is 2. The van der Waals surface area contributed by atoms with Crippen LogP contribution in [0.3, 0.4) is 0 Å². The molecule has 1 atom stereocenters. The summed E-state index contributed by atoms with van der Waals surface area (Å²) in [6.07, 6.45) is 2.47. The van der Waals surface area contributed by atoms with E-state index < -0.39 is 23.8 Å². The Morgan fingerprint density at radius 1 is 1.18 bits per heavy atom. The second kappa shape index (κ2) is 8.33. The first-order chi connectivity index (χ1) is 13.3. The number of benzene rings is 1. The summed E-state index contributed by atoms with van der Waals surface area (Å²) in [7, 11) is 0. The van der Waals surface area contributed by atoms with Crippen LogP contribution in [0, 0.1) is 0 Å². The first-order valence-corrected chi connectivity index (χ1v) is 9.28. The Bertz CT molecular complexity index is 786. The molecule has 2 amide bonds. The Hall–Kier alpha value is -3.03. The highest BCUT2D eigenvalue weighted by atomic mass is 16.6. The van der Waals surface area contributed by atoms with Crippen LogP contribution in [0.2, 0.25) is 0 Å². The van der Waals surface area contributed by atoms with Gasteiger partial charge in [-0.25, -0.2) is 14.6 Å². The molecule has 0 spiro atoms. The van der Waals surface area contributed by atoms with Gasteiger partial charge in [-0.1, -0.05) is 30.3 Å². The van der Waals surface area contributed by atoms with Gasteiger partial charge in [0.25, 0.3) is 0 Å². The Morgan fingerprint density at radius 2 is 1.93 bits per heavy atom. The summed E-state index contributed by atoms with van der Waals surface area (Å²) in [4.78, 5) is 35.7. The van der Waals surface area contributed by atoms with Crippen LogP contribution in [0.5, 0.6) is 0 Å². The standard InChI is InChI=1S/C20H26N4O4/c1-20(2,3)28-18(25)23-11-12-24(16(13-23)17-21-9-10-22-17)19(26)27-14-15-7-5-4-6-8-15/h4-10,16H,11-14H2,1-3H3,(H,21,22). The molecule has 1 fully saturated rings. The van der Waals surface area contributed by atoms with E-state index in [1.807, 2.05) is 51.1 Å². The number of aromatic amines is 1. The number of ether oxygens (including phenoxy) is 2. The zero-order valence-corrected chi connectivity index (χ0v) is 16.4. The van der Waals surface area contributed by atoms with Crippen molar-refractivity contribution in [2.75, 3.05) is 19.6 Å². The van der Waals surface area contributed by atoms with E-state index in [0.717, 1.165) is 5.56 Å². The quantitative estimate of drug-likeness (QED) is 0.874. The van der Waals surface area contributed by atoms with Gasteiger partial charge in [-0.2, -0.15) is 0 Å². The van der Waals surface area contributed by atoms with Crippen LogP contribution < -0.4 is 0 Å². The predicted molar refractivity (Wildman–Crippen MR) is 102 cm³/mol. The average molecular weight is 386 g/mol. The van der Waals surface area contributed by atoms with Gasteiger partial charge in [0, 0.05) is 25.5 Å². The molecule has 1 saturated heterocycles. The highest BCUT2D eigenvalue weighted by Gasteiger charge is 2.37. The van der Waals surface area contributed by atoms with Gasteiger partial charge in [0.05, 0.1) is 6.54 Å². The van der Waals surface area contributed by atoms with Crippen LogP contribution in [0.25, 0.3) is 0 Å². The molecular formula is C20H26N4O4. The minimum Gasteiger partial charge on any atom is -0.445 e. The fourth-order valence-electron chi connectivity index (χ4n) is 2.99. The monoisotopic (exact) mass is 386 g/mol. The number of amides is 2. The van der Waals surface area contributed by atoms with Crippen LogP contribution >= 0.6 is 0 Å². The van der Waals surface area contributed by atoms with Crippen molar-refractivity contribution in [3.05, 3.63) is 54.1 Å². The average Bonchev–Trinajstić information content (AvgIpc) is 3.20. The van der Waals surface area contributed by atoms with Crippen molar-refractivity contribution < 1.29 is 19.1 Å². The molecule has 0 saturated carbocycles. The number of imidazole rings is 1. The maximum absolute atomic E-state index is 12.7. The number of rotatable bonds is 3. The Labute approximate surface area is 164 Å². The summed E-state index contributed by atoms with van der Waals surface area (Å²) in [6.45, 7) is 6.65. The molecular weight excluding hydrogens is 360 g/mol. The summed E-state index contributed by atoms with van der Waals surface area (Å²) >= 11 is 0. The predicted octanol–water partition coefficient (Wildman–Crippen LogP) is 3.34. The zero-order valence-electron chi connectivity index (χ0n) is 16.4. The molecule has 0 aliphatic carbocycles. The molecule has 1 aliphatic heterocycles. The number of hydrogen-bond acceptors (Lipinski definition) is 5. The second-order valence-corrected chi connectivity index (χ2v) is 7.65. The zero-order chi connectivity index (χ0) is 20.1. The smallest absolute Gasteiger partial charge is 0.410 e. The molecule has 2 heterocycles. The molecule has 2 aromatic rings. The Kier molecular flexibility index (Phi) is 5.87. The van der Waals surface area contributed by atoms with Crippen molar-refractivity contribution >= 4 is 12.2 Å². The lowest BCUT2D eigenvalue weighted by atomic mass is 10.1. The molecule has 8 nitrogen and oxygen atoms in total. The third-order valence-electron chi connectivity index (χ3n) is 4.31. The molecule has 3 rings (SSSR count). The van der Waals surface area contributed by atoms with E-state index >= 15 is 0 Å². The summed E-state index contributed by atoms with van der Waals surface area (Å²) < 4.78 is 10.9. The van der Waals surface area contributed by atoms with Crippen molar-refractivity contribution in [2.24, 2.45) is 0 Å². The molecule has 0 radical (unpaired) electrons. The first-order valence-electron chi connectivity index (χ1n) is 9.28. The van der Waals surface area contributed by atoms with Gasteiger partial charge in [-0.05, 0) is 26.3 Å². The molecule has 1 aromatic heterocycles. The number of H-pyrrole nitrogens is 1. The number of carbonyl (C=O) groups excluding carboxylic acids is 2. The fraction of sp³-hybridized carbons (Fsp3) is 0.450. The number of nitrogens with zero attached hydrogens (tertiary/aromatic N) is 3. The van der Waals surface area contributed by atoms with Gasteiger partial charge in [0.15, 0.2) is 0 Å². The first kappa shape index (κ1) is 19.7. The molecule has 150 valence electrons. The maximum atomic E-state index is 12.7. The third-order valence-corrected chi connectivity index (χ3v) is 4.31. The van der Waals surface area contributed by atoms with Crippen molar-refractivity contribution in [1.29, 1.82) is 0 Å². The largest absolute Gasteiger partial charge is 0.445 e. The highest BCUT2D eigenvalue weighted by molar-refractivity contribution is 5.71. The van der Waals surface area contributed by atoms with Gasteiger partial charge in [0.1, 0.15) is 24.1 Å². The van der Waals surface area contributed by atoms with Crippen LogP contribution in [0.4, 0.5) is 9.59 Å². The maximum Gasteiger partial charge on any atom is 0.410 e. The van der Waals surface area contributed by atoms with E-state index in [0.29, 0.717) is 18.9 Å². The molecule has 0 bridgehead atoms. The van der Waals surface area contributed by atoms with Crippen molar-refractivity contribution in [2.45, 2.75) is 39.0 Å². The van der Waals surface area contributed by atoms with Crippen LogP contribution in [-0.2, 0) is 16.1 Å². The minimum absolute atomic E-state index is 0.191. The summed E-state index contributed by atoms with van der Waals surface area (Å²) in [5.74, 6) is 0.602. The van der Waals surface area contributed by atoms with E-state index in [9.17, 15) is 9.59 Å². The molecule has 1 N–H and O–H groups in total. The van der Waals surface area contributed by atoms with Gasteiger partial charge < -0.3 is 19.4 Å². The van der Waals surface area contributed by atoms with Crippen LogP contribution in [0.15, 0.2) is 42.7 Å². The van der Waals surface area contributed by atoms with Gasteiger partial charge in [-0.15, -0.1) is 0 Å². The number of hydrogen-bond donors (Lipinski definition) is 1. The Balaban J connectivity index is 1.69. The molecule has 1 aromatic carbocycles. The van der Waals surface area contributed by atoms with Crippen LogP contribution in [0.1, 0.15) is 38.2 Å². The Morgan fingerprint density at radius 3 is 2.57 bits per heavy atom.